The molecule has 1 unspecified atom stereocenters. The van der Waals surface area contributed by atoms with Crippen LogP contribution in [0.2, 0.25) is 0 Å². The molecule has 2 aromatic carbocycles. The first-order chi connectivity index (χ1) is 14.0. The molecule has 0 aliphatic heterocycles. The van der Waals surface area contributed by atoms with Gasteiger partial charge in [-0.25, -0.2) is 0 Å². The van der Waals surface area contributed by atoms with Gasteiger partial charge in [-0.1, -0.05) is 68.8 Å². The van der Waals surface area contributed by atoms with Gasteiger partial charge in [0.05, 0.1) is 6.42 Å². The monoisotopic (exact) mass is 394 g/mol. The second kappa shape index (κ2) is 11.4. The summed E-state index contributed by atoms with van der Waals surface area (Å²) in [5, 5.41) is 3.01. The molecule has 0 bridgehead atoms. The molecule has 0 aromatic heterocycles. The number of nitrogens with one attached hydrogen (secondary N) is 1. The van der Waals surface area contributed by atoms with Gasteiger partial charge in [0.2, 0.25) is 11.8 Å². The van der Waals surface area contributed by atoms with Gasteiger partial charge in [-0.15, -0.1) is 0 Å². The highest BCUT2D eigenvalue weighted by Gasteiger charge is 2.28. The number of hydrogen-bond donors (Lipinski definition) is 1. The molecule has 4 heteroatoms. The van der Waals surface area contributed by atoms with Crippen LogP contribution in [0.4, 0.5) is 0 Å². The van der Waals surface area contributed by atoms with Crippen molar-refractivity contribution in [3.05, 3.63) is 70.8 Å². The molecular formula is C25H34N2O2. The summed E-state index contributed by atoms with van der Waals surface area (Å²) in [5.41, 5.74) is 4.30. The van der Waals surface area contributed by atoms with E-state index in [1.54, 1.807) is 4.90 Å². The van der Waals surface area contributed by atoms with Crippen LogP contribution in [0.5, 0.6) is 0 Å². The summed E-state index contributed by atoms with van der Waals surface area (Å²) in [7, 11) is 0. The van der Waals surface area contributed by atoms with E-state index in [0.717, 1.165) is 35.1 Å². The van der Waals surface area contributed by atoms with Crippen LogP contribution in [-0.4, -0.2) is 29.3 Å². The molecule has 0 saturated heterocycles. The molecule has 0 aliphatic rings. The quantitative estimate of drug-likeness (QED) is 0.600. The van der Waals surface area contributed by atoms with Crippen molar-refractivity contribution >= 4 is 11.8 Å². The van der Waals surface area contributed by atoms with Crippen molar-refractivity contribution < 1.29 is 9.59 Å². The number of amides is 2. The van der Waals surface area contributed by atoms with Gasteiger partial charge in [0.1, 0.15) is 6.04 Å². The molecule has 156 valence electrons. The first-order valence-corrected chi connectivity index (χ1v) is 10.6. The van der Waals surface area contributed by atoms with E-state index in [1.165, 1.54) is 0 Å². The zero-order valence-electron chi connectivity index (χ0n) is 18.2. The molecule has 0 heterocycles. The van der Waals surface area contributed by atoms with Crippen LogP contribution >= 0.6 is 0 Å². The lowest BCUT2D eigenvalue weighted by Gasteiger charge is -2.31. The predicted octanol–water partition coefficient (Wildman–Crippen LogP) is 4.57. The molecule has 2 aromatic rings. The summed E-state index contributed by atoms with van der Waals surface area (Å²) in [4.78, 5) is 28.0. The topological polar surface area (TPSA) is 49.4 Å². The predicted molar refractivity (Wildman–Crippen MR) is 119 cm³/mol. The first kappa shape index (κ1) is 22.7. The van der Waals surface area contributed by atoms with Crippen LogP contribution in [0.3, 0.4) is 0 Å². The molecule has 0 fully saturated rings. The van der Waals surface area contributed by atoms with Gasteiger partial charge in [0.15, 0.2) is 0 Å². The number of benzene rings is 2. The summed E-state index contributed by atoms with van der Waals surface area (Å²) in [5.74, 6) is -0.0762. The van der Waals surface area contributed by atoms with E-state index in [2.05, 4.69) is 12.2 Å². The summed E-state index contributed by atoms with van der Waals surface area (Å²) in [6.45, 7) is 9.22. The number of aryl methyl sites for hydroxylation is 2. The Morgan fingerprint density at radius 3 is 2.07 bits per heavy atom. The first-order valence-electron chi connectivity index (χ1n) is 10.6. The number of unbranched alkanes of at least 4 members (excludes halogenated alkanes) is 1. The summed E-state index contributed by atoms with van der Waals surface area (Å²) in [6, 6.07) is 15.5. The van der Waals surface area contributed by atoms with E-state index in [0.29, 0.717) is 25.9 Å². The minimum atomic E-state index is -0.469. The standard InChI is InChI=1S/C25H34N2O2/c1-5-7-16-26-25(29)23(6-2)27(18-22-15-11-9-13-20(22)4)24(28)17-21-14-10-8-12-19(21)3/h8-15,23H,5-7,16-18H2,1-4H3,(H,26,29). The van der Waals surface area contributed by atoms with E-state index in [9.17, 15) is 9.59 Å². The molecular weight excluding hydrogens is 360 g/mol. The van der Waals surface area contributed by atoms with E-state index >= 15 is 0 Å². The Kier molecular flexibility index (Phi) is 8.91. The van der Waals surface area contributed by atoms with Crippen molar-refractivity contribution in [1.29, 1.82) is 0 Å². The molecule has 2 amide bonds. The van der Waals surface area contributed by atoms with Gasteiger partial charge >= 0.3 is 0 Å². The maximum atomic E-state index is 13.4. The molecule has 0 spiro atoms. The van der Waals surface area contributed by atoms with Crippen molar-refractivity contribution in [2.75, 3.05) is 6.54 Å². The van der Waals surface area contributed by atoms with Gasteiger partial charge in [0, 0.05) is 13.1 Å². The molecule has 2 rings (SSSR count). The lowest BCUT2D eigenvalue weighted by atomic mass is 10.0. The normalized spacial score (nSPS) is 11.7. The van der Waals surface area contributed by atoms with Crippen molar-refractivity contribution in [1.82, 2.24) is 10.2 Å². The summed E-state index contributed by atoms with van der Waals surface area (Å²) < 4.78 is 0. The van der Waals surface area contributed by atoms with E-state index in [4.69, 9.17) is 0 Å². The zero-order valence-corrected chi connectivity index (χ0v) is 18.2. The fourth-order valence-corrected chi connectivity index (χ4v) is 3.47. The second-order valence-corrected chi connectivity index (χ2v) is 7.62. The van der Waals surface area contributed by atoms with Crippen LogP contribution in [0, 0.1) is 13.8 Å². The highest BCUT2D eigenvalue weighted by molar-refractivity contribution is 5.88. The van der Waals surface area contributed by atoms with E-state index in [-0.39, 0.29) is 11.8 Å². The summed E-state index contributed by atoms with van der Waals surface area (Å²) >= 11 is 0. The Morgan fingerprint density at radius 1 is 0.931 bits per heavy atom. The van der Waals surface area contributed by atoms with Gasteiger partial charge in [-0.2, -0.15) is 0 Å². The van der Waals surface area contributed by atoms with Crippen molar-refractivity contribution in [2.45, 2.75) is 66.0 Å². The summed E-state index contributed by atoms with van der Waals surface area (Å²) in [6.07, 6.45) is 2.86. The number of hydrogen-bond acceptors (Lipinski definition) is 2. The number of nitrogens with zero attached hydrogens (tertiary/aromatic N) is 1. The Bertz CT molecular complexity index is 816. The lowest BCUT2D eigenvalue weighted by Crippen LogP contribution is -2.49. The van der Waals surface area contributed by atoms with E-state index < -0.39 is 6.04 Å². The number of rotatable bonds is 10. The average molecular weight is 395 g/mol. The molecule has 1 atom stereocenters. The molecule has 4 nitrogen and oxygen atoms in total. The van der Waals surface area contributed by atoms with Crippen LogP contribution in [0.1, 0.15) is 55.4 Å². The number of carbonyl (C=O) groups is 2. The molecule has 1 N–H and O–H groups in total. The largest absolute Gasteiger partial charge is 0.354 e. The van der Waals surface area contributed by atoms with Gasteiger partial charge in [0.25, 0.3) is 0 Å². The molecule has 0 aliphatic carbocycles. The van der Waals surface area contributed by atoms with Crippen molar-refractivity contribution in [3.63, 3.8) is 0 Å². The van der Waals surface area contributed by atoms with Crippen molar-refractivity contribution in [3.8, 4) is 0 Å². The van der Waals surface area contributed by atoms with Gasteiger partial charge < -0.3 is 10.2 Å². The van der Waals surface area contributed by atoms with Crippen LogP contribution in [0.25, 0.3) is 0 Å². The third-order valence-corrected chi connectivity index (χ3v) is 5.42. The minimum Gasteiger partial charge on any atom is -0.354 e. The highest BCUT2D eigenvalue weighted by Crippen LogP contribution is 2.18. The maximum absolute atomic E-state index is 13.4. The third kappa shape index (κ3) is 6.45. The zero-order chi connectivity index (χ0) is 21.2. The minimum absolute atomic E-state index is 0.0138. The third-order valence-electron chi connectivity index (χ3n) is 5.42. The fourth-order valence-electron chi connectivity index (χ4n) is 3.47. The van der Waals surface area contributed by atoms with Crippen LogP contribution in [-0.2, 0) is 22.6 Å². The Hall–Kier alpha value is -2.62. The smallest absolute Gasteiger partial charge is 0.242 e. The second-order valence-electron chi connectivity index (χ2n) is 7.62. The number of carbonyl (C=O) groups excluding carboxylic acids is 2. The van der Waals surface area contributed by atoms with Crippen LogP contribution in [0.15, 0.2) is 48.5 Å². The van der Waals surface area contributed by atoms with Crippen molar-refractivity contribution in [2.24, 2.45) is 0 Å². The maximum Gasteiger partial charge on any atom is 0.242 e. The fraction of sp³-hybridized carbons (Fsp3) is 0.440. The molecule has 29 heavy (non-hydrogen) atoms. The van der Waals surface area contributed by atoms with Crippen LogP contribution < -0.4 is 5.32 Å². The van der Waals surface area contributed by atoms with Gasteiger partial charge in [-0.3, -0.25) is 9.59 Å². The highest BCUT2D eigenvalue weighted by atomic mass is 16.2. The Labute approximate surface area is 175 Å². The molecule has 0 radical (unpaired) electrons. The average Bonchev–Trinajstić information content (AvgIpc) is 2.71. The molecule has 0 saturated carbocycles. The Morgan fingerprint density at radius 2 is 1.52 bits per heavy atom. The lowest BCUT2D eigenvalue weighted by molar-refractivity contribution is -0.141. The Balaban J connectivity index is 2.28. The van der Waals surface area contributed by atoms with Gasteiger partial charge in [-0.05, 0) is 48.9 Å². The SMILES string of the molecule is CCCCNC(=O)C(CC)N(Cc1ccccc1C)C(=O)Cc1ccccc1C. The van der Waals surface area contributed by atoms with E-state index in [1.807, 2.05) is 69.3 Å².